The quantitative estimate of drug-likeness (QED) is 0.261. The van der Waals surface area contributed by atoms with Crippen molar-refractivity contribution in [3.8, 4) is 0 Å². The summed E-state index contributed by atoms with van der Waals surface area (Å²) < 4.78 is 27.7. The highest BCUT2D eigenvalue weighted by Gasteiger charge is 2.34. The lowest BCUT2D eigenvalue weighted by Crippen LogP contribution is -2.54. The molecule has 41 heavy (non-hydrogen) atoms. The Morgan fingerprint density at radius 2 is 1.66 bits per heavy atom. The van der Waals surface area contributed by atoms with Crippen molar-refractivity contribution in [1.82, 2.24) is 10.2 Å². The molecule has 7 nitrogen and oxygen atoms in total. The van der Waals surface area contributed by atoms with Gasteiger partial charge in [-0.2, -0.15) is 0 Å². The highest BCUT2D eigenvalue weighted by Crippen LogP contribution is 2.31. The molecule has 1 atom stereocenters. The zero-order valence-corrected chi connectivity index (χ0v) is 26.5. The topological polar surface area (TPSA) is 86.8 Å². The van der Waals surface area contributed by atoms with Crippen molar-refractivity contribution < 1.29 is 18.0 Å². The van der Waals surface area contributed by atoms with Crippen LogP contribution in [0, 0.1) is 0 Å². The molecule has 218 valence electrons. The molecule has 1 aliphatic rings. The number of benzene rings is 3. The molecule has 1 N–H and O–H groups in total. The van der Waals surface area contributed by atoms with Gasteiger partial charge in [0.05, 0.1) is 17.0 Å². The van der Waals surface area contributed by atoms with Gasteiger partial charge in [0.2, 0.25) is 21.8 Å². The molecule has 0 aromatic heterocycles. The van der Waals surface area contributed by atoms with Gasteiger partial charge in [-0.05, 0) is 54.3 Å². The molecule has 4 rings (SSSR count). The first-order valence-electron chi connectivity index (χ1n) is 13.3. The number of anilines is 1. The van der Waals surface area contributed by atoms with Crippen LogP contribution in [-0.4, -0.2) is 50.0 Å². The second-order valence-electron chi connectivity index (χ2n) is 10.2. The summed E-state index contributed by atoms with van der Waals surface area (Å²) in [5.41, 5.74) is 1.75. The third kappa shape index (κ3) is 8.70. The second-order valence-corrected chi connectivity index (χ2v) is 13.9. The largest absolute Gasteiger partial charge is 0.352 e. The molecule has 0 radical (unpaired) electrons. The standard InChI is InChI=1S/C30H32BrCl2N3O4S/c1-41(39,40)36(27-18-24(32)14-15-26(27)33)20-29(37)35(19-22-10-7-11-23(31)16-22)28(17-21-8-3-2-4-9-21)30(38)34-25-12-5-6-13-25/h2-4,7-11,14-16,18,25,28H,5-6,12-13,17,19-20H2,1H3,(H,34,38)/t28-/m0/s1. The lowest BCUT2D eigenvalue weighted by Gasteiger charge is -2.34. The SMILES string of the molecule is CS(=O)(=O)N(CC(=O)N(Cc1cccc(Br)c1)[C@@H](Cc1ccccc1)C(=O)NC1CCCC1)c1cc(Cl)ccc1Cl. The maximum absolute atomic E-state index is 14.2. The number of carbonyl (C=O) groups excluding carboxylic acids is 2. The summed E-state index contributed by atoms with van der Waals surface area (Å²) in [4.78, 5) is 29.5. The van der Waals surface area contributed by atoms with E-state index in [1.54, 1.807) is 6.07 Å². The van der Waals surface area contributed by atoms with Crippen LogP contribution in [0.4, 0.5) is 5.69 Å². The molecule has 3 aromatic carbocycles. The first-order valence-corrected chi connectivity index (χ1v) is 16.7. The van der Waals surface area contributed by atoms with Crippen LogP contribution < -0.4 is 9.62 Å². The fourth-order valence-electron chi connectivity index (χ4n) is 5.03. The monoisotopic (exact) mass is 679 g/mol. The molecule has 1 fully saturated rings. The maximum atomic E-state index is 14.2. The van der Waals surface area contributed by atoms with Gasteiger partial charge < -0.3 is 10.2 Å². The normalized spacial score (nSPS) is 14.4. The smallest absolute Gasteiger partial charge is 0.244 e. The van der Waals surface area contributed by atoms with Gasteiger partial charge in [-0.1, -0.05) is 94.4 Å². The molecule has 11 heteroatoms. The van der Waals surface area contributed by atoms with Crippen LogP contribution in [-0.2, 0) is 32.6 Å². The summed E-state index contributed by atoms with van der Waals surface area (Å²) in [7, 11) is -3.95. The van der Waals surface area contributed by atoms with Crippen molar-refractivity contribution in [2.45, 2.75) is 50.7 Å². The Morgan fingerprint density at radius 3 is 2.32 bits per heavy atom. The molecule has 0 heterocycles. The first-order chi connectivity index (χ1) is 19.5. The molecule has 0 spiro atoms. The van der Waals surface area contributed by atoms with Crippen molar-refractivity contribution in [1.29, 1.82) is 0 Å². The van der Waals surface area contributed by atoms with Gasteiger partial charge in [-0.15, -0.1) is 0 Å². The van der Waals surface area contributed by atoms with Crippen molar-refractivity contribution in [3.05, 3.63) is 98.4 Å². The minimum atomic E-state index is -3.95. The molecular formula is C30H32BrCl2N3O4S. The molecule has 0 bridgehead atoms. The lowest BCUT2D eigenvalue weighted by atomic mass is 10.0. The summed E-state index contributed by atoms with van der Waals surface area (Å²) in [5, 5.41) is 3.55. The highest BCUT2D eigenvalue weighted by molar-refractivity contribution is 9.10. The minimum Gasteiger partial charge on any atom is -0.352 e. The van der Waals surface area contributed by atoms with Gasteiger partial charge in [0, 0.05) is 28.5 Å². The molecular weight excluding hydrogens is 649 g/mol. The maximum Gasteiger partial charge on any atom is 0.244 e. The fraction of sp³-hybridized carbons (Fsp3) is 0.333. The van der Waals surface area contributed by atoms with Crippen molar-refractivity contribution in [3.63, 3.8) is 0 Å². The second kappa shape index (κ2) is 14.1. The summed E-state index contributed by atoms with van der Waals surface area (Å²) in [6, 6.07) is 20.5. The molecule has 0 saturated heterocycles. The van der Waals surface area contributed by atoms with Crippen LogP contribution in [0.25, 0.3) is 0 Å². The average Bonchev–Trinajstić information content (AvgIpc) is 3.43. The summed E-state index contributed by atoms with van der Waals surface area (Å²) in [6.07, 6.45) is 5.12. The number of rotatable bonds is 11. The number of carbonyl (C=O) groups is 2. The lowest BCUT2D eigenvalue weighted by molar-refractivity contribution is -0.140. The Labute approximate surface area is 260 Å². The molecule has 1 aliphatic carbocycles. The van der Waals surface area contributed by atoms with E-state index in [2.05, 4.69) is 21.2 Å². The van der Waals surface area contributed by atoms with Crippen LogP contribution in [0.2, 0.25) is 10.0 Å². The zero-order chi connectivity index (χ0) is 29.6. The summed E-state index contributed by atoms with van der Waals surface area (Å²) >= 11 is 16.0. The van der Waals surface area contributed by atoms with E-state index in [0.717, 1.165) is 51.8 Å². The molecule has 3 aromatic rings. The van der Waals surface area contributed by atoms with Gasteiger partial charge in [-0.25, -0.2) is 8.42 Å². The van der Waals surface area contributed by atoms with Gasteiger partial charge in [-0.3, -0.25) is 13.9 Å². The van der Waals surface area contributed by atoms with Gasteiger partial charge in [0.1, 0.15) is 12.6 Å². The van der Waals surface area contributed by atoms with E-state index in [1.165, 1.54) is 17.0 Å². The van der Waals surface area contributed by atoms with E-state index in [1.807, 2.05) is 54.6 Å². The highest BCUT2D eigenvalue weighted by atomic mass is 79.9. The minimum absolute atomic E-state index is 0.0429. The zero-order valence-electron chi connectivity index (χ0n) is 22.6. The Kier molecular flexibility index (Phi) is 10.7. The number of nitrogens with one attached hydrogen (secondary N) is 1. The first kappa shape index (κ1) is 31.3. The number of amides is 2. The number of hydrogen-bond acceptors (Lipinski definition) is 4. The fourth-order valence-corrected chi connectivity index (χ4v) is 6.76. The Balaban J connectivity index is 1.74. The summed E-state index contributed by atoms with van der Waals surface area (Å²) in [6.45, 7) is -0.469. The predicted octanol–water partition coefficient (Wildman–Crippen LogP) is 6.22. The van der Waals surface area contributed by atoms with E-state index in [0.29, 0.717) is 0 Å². The number of sulfonamides is 1. The summed E-state index contributed by atoms with van der Waals surface area (Å²) in [5.74, 6) is -0.815. The van der Waals surface area contributed by atoms with Crippen LogP contribution in [0.3, 0.4) is 0 Å². The Hall–Kier alpha value is -2.59. The Morgan fingerprint density at radius 1 is 0.976 bits per heavy atom. The molecule has 0 unspecified atom stereocenters. The number of nitrogens with zero attached hydrogens (tertiary/aromatic N) is 2. The van der Waals surface area contributed by atoms with Gasteiger partial charge in [0.25, 0.3) is 0 Å². The van der Waals surface area contributed by atoms with Crippen LogP contribution >= 0.6 is 39.1 Å². The molecule has 0 aliphatic heterocycles. The van der Waals surface area contributed by atoms with E-state index in [-0.39, 0.29) is 40.6 Å². The Bertz CT molecular complexity index is 1480. The molecule has 2 amide bonds. The van der Waals surface area contributed by atoms with Gasteiger partial charge >= 0.3 is 0 Å². The number of halogens is 3. The van der Waals surface area contributed by atoms with Gasteiger partial charge in [0.15, 0.2) is 0 Å². The van der Waals surface area contributed by atoms with Crippen LogP contribution in [0.5, 0.6) is 0 Å². The third-order valence-electron chi connectivity index (χ3n) is 7.07. The van der Waals surface area contributed by atoms with Crippen LogP contribution in [0.1, 0.15) is 36.8 Å². The van der Waals surface area contributed by atoms with Crippen molar-refractivity contribution >= 4 is 66.7 Å². The van der Waals surface area contributed by atoms with Crippen molar-refractivity contribution in [2.24, 2.45) is 0 Å². The van der Waals surface area contributed by atoms with E-state index in [9.17, 15) is 18.0 Å². The number of hydrogen-bond donors (Lipinski definition) is 1. The van der Waals surface area contributed by atoms with E-state index >= 15 is 0 Å². The van der Waals surface area contributed by atoms with Crippen molar-refractivity contribution in [2.75, 3.05) is 17.1 Å². The van der Waals surface area contributed by atoms with Crippen LogP contribution in [0.15, 0.2) is 77.3 Å². The third-order valence-corrected chi connectivity index (χ3v) is 9.25. The average molecular weight is 681 g/mol. The van der Waals surface area contributed by atoms with E-state index in [4.69, 9.17) is 23.2 Å². The molecule has 1 saturated carbocycles. The predicted molar refractivity (Wildman–Crippen MR) is 168 cm³/mol. The van der Waals surface area contributed by atoms with E-state index < -0.39 is 28.5 Å².